The molecule has 1 aromatic rings. The number of ether oxygens (including phenoxy) is 1. The Hall–Kier alpha value is -1.71. The van der Waals surface area contributed by atoms with Crippen molar-refractivity contribution < 1.29 is 9.94 Å². The molecule has 0 bridgehead atoms. The number of fused-ring (bicyclic) bond motifs is 1. The average Bonchev–Trinajstić information content (AvgIpc) is 2.35. The van der Waals surface area contributed by atoms with Gasteiger partial charge in [0.2, 0.25) is 0 Å². The summed E-state index contributed by atoms with van der Waals surface area (Å²) < 4.78 is 5.54. The van der Waals surface area contributed by atoms with E-state index in [4.69, 9.17) is 15.7 Å². The van der Waals surface area contributed by atoms with Crippen LogP contribution < -0.4 is 10.5 Å². The van der Waals surface area contributed by atoms with E-state index >= 15 is 0 Å². The molecule has 0 saturated carbocycles. The SMILES string of the molecule is N/C(COc1cccc2c1CCCC2)=N/O. The predicted molar refractivity (Wildman–Crippen MR) is 62.0 cm³/mol. The normalized spacial score (nSPS) is 15.6. The summed E-state index contributed by atoms with van der Waals surface area (Å²) in [6, 6.07) is 6.07. The van der Waals surface area contributed by atoms with E-state index in [1.807, 2.05) is 12.1 Å². The largest absolute Gasteiger partial charge is 0.485 e. The Morgan fingerprint density at radius 3 is 3.00 bits per heavy atom. The Bertz CT molecular complexity index is 402. The van der Waals surface area contributed by atoms with Crippen LogP contribution in [0.1, 0.15) is 24.0 Å². The van der Waals surface area contributed by atoms with Gasteiger partial charge in [0.05, 0.1) is 0 Å². The molecule has 16 heavy (non-hydrogen) atoms. The summed E-state index contributed by atoms with van der Waals surface area (Å²) in [7, 11) is 0. The summed E-state index contributed by atoms with van der Waals surface area (Å²) in [5.74, 6) is 0.956. The van der Waals surface area contributed by atoms with Crippen LogP contribution in [0.25, 0.3) is 0 Å². The van der Waals surface area contributed by atoms with Gasteiger partial charge in [0.1, 0.15) is 12.4 Å². The number of hydrogen-bond donors (Lipinski definition) is 2. The maximum Gasteiger partial charge on any atom is 0.177 e. The fourth-order valence-electron chi connectivity index (χ4n) is 2.06. The topological polar surface area (TPSA) is 67.8 Å². The second-order valence-corrected chi connectivity index (χ2v) is 3.98. The van der Waals surface area contributed by atoms with Crippen LogP contribution in [0.5, 0.6) is 5.75 Å². The highest BCUT2D eigenvalue weighted by molar-refractivity contribution is 5.81. The molecule has 0 aromatic heterocycles. The molecule has 4 heteroatoms. The third-order valence-electron chi connectivity index (χ3n) is 2.86. The van der Waals surface area contributed by atoms with Crippen LogP contribution in [0.15, 0.2) is 23.4 Å². The molecule has 0 radical (unpaired) electrons. The van der Waals surface area contributed by atoms with Gasteiger partial charge in [0.25, 0.3) is 0 Å². The first-order chi connectivity index (χ1) is 7.81. The van der Waals surface area contributed by atoms with Crippen LogP contribution in [0.4, 0.5) is 0 Å². The van der Waals surface area contributed by atoms with E-state index in [1.165, 1.54) is 24.0 Å². The van der Waals surface area contributed by atoms with Crippen LogP contribution in [-0.2, 0) is 12.8 Å². The van der Waals surface area contributed by atoms with Crippen LogP contribution in [0, 0.1) is 0 Å². The molecule has 0 aliphatic heterocycles. The third-order valence-corrected chi connectivity index (χ3v) is 2.86. The Morgan fingerprint density at radius 1 is 1.38 bits per heavy atom. The van der Waals surface area contributed by atoms with E-state index < -0.39 is 0 Å². The van der Waals surface area contributed by atoms with Gasteiger partial charge < -0.3 is 15.7 Å². The minimum Gasteiger partial charge on any atom is -0.485 e. The predicted octanol–water partition coefficient (Wildman–Crippen LogP) is 1.69. The number of hydrogen-bond acceptors (Lipinski definition) is 3. The van der Waals surface area contributed by atoms with Crippen molar-refractivity contribution in [3.63, 3.8) is 0 Å². The lowest BCUT2D eigenvalue weighted by Gasteiger charge is -2.19. The zero-order valence-corrected chi connectivity index (χ0v) is 9.15. The summed E-state index contributed by atoms with van der Waals surface area (Å²) in [6.07, 6.45) is 4.63. The van der Waals surface area contributed by atoms with Crippen molar-refractivity contribution in [2.75, 3.05) is 6.61 Å². The number of nitrogens with two attached hydrogens (primary N) is 1. The Morgan fingerprint density at radius 2 is 2.19 bits per heavy atom. The molecular weight excluding hydrogens is 204 g/mol. The van der Waals surface area contributed by atoms with Crippen LogP contribution >= 0.6 is 0 Å². The molecule has 4 nitrogen and oxygen atoms in total. The lowest BCUT2D eigenvalue weighted by atomic mass is 9.91. The summed E-state index contributed by atoms with van der Waals surface area (Å²) in [5, 5.41) is 11.3. The van der Waals surface area contributed by atoms with Crippen molar-refractivity contribution in [2.24, 2.45) is 10.9 Å². The molecule has 0 saturated heterocycles. The number of nitrogens with zero attached hydrogens (tertiary/aromatic N) is 1. The van der Waals surface area contributed by atoms with Crippen LogP contribution in [0.2, 0.25) is 0 Å². The standard InChI is InChI=1S/C12H16N2O2/c13-12(14-15)8-16-11-7-3-5-9-4-1-2-6-10(9)11/h3,5,7,15H,1-2,4,6,8H2,(H2,13,14). The molecule has 1 aliphatic carbocycles. The fourth-order valence-corrected chi connectivity index (χ4v) is 2.06. The highest BCUT2D eigenvalue weighted by atomic mass is 16.5. The van der Waals surface area contributed by atoms with E-state index in [0.717, 1.165) is 18.6 Å². The van der Waals surface area contributed by atoms with E-state index in [1.54, 1.807) is 0 Å². The molecular formula is C12H16N2O2. The minimum atomic E-state index is 0.0911. The summed E-state index contributed by atoms with van der Waals surface area (Å²) in [4.78, 5) is 0. The maximum absolute atomic E-state index is 8.43. The van der Waals surface area contributed by atoms with Gasteiger partial charge in [-0.05, 0) is 42.9 Å². The molecule has 0 atom stereocenters. The van der Waals surface area contributed by atoms with Gasteiger partial charge in [-0.25, -0.2) is 0 Å². The molecule has 0 fully saturated rings. The average molecular weight is 220 g/mol. The van der Waals surface area contributed by atoms with Crippen molar-refractivity contribution >= 4 is 5.84 Å². The van der Waals surface area contributed by atoms with Gasteiger partial charge in [-0.15, -0.1) is 0 Å². The number of oxime groups is 1. The van der Waals surface area contributed by atoms with Gasteiger partial charge in [0.15, 0.2) is 5.84 Å². The molecule has 86 valence electrons. The van der Waals surface area contributed by atoms with Crippen molar-refractivity contribution in [2.45, 2.75) is 25.7 Å². The Balaban J connectivity index is 2.14. The van der Waals surface area contributed by atoms with Gasteiger partial charge in [-0.1, -0.05) is 17.3 Å². The first-order valence-electron chi connectivity index (χ1n) is 5.51. The third kappa shape index (κ3) is 2.27. The molecule has 0 unspecified atom stereocenters. The summed E-state index contributed by atoms with van der Waals surface area (Å²) in [6.45, 7) is 0.132. The molecule has 2 rings (SSSR count). The quantitative estimate of drug-likeness (QED) is 0.352. The van der Waals surface area contributed by atoms with Gasteiger partial charge in [0, 0.05) is 0 Å². The zero-order chi connectivity index (χ0) is 11.4. The number of amidine groups is 1. The first kappa shape index (κ1) is 10.8. The molecule has 0 amide bonds. The van der Waals surface area contributed by atoms with E-state index in [9.17, 15) is 0 Å². The van der Waals surface area contributed by atoms with E-state index in [-0.39, 0.29) is 12.4 Å². The highest BCUT2D eigenvalue weighted by Crippen LogP contribution is 2.29. The van der Waals surface area contributed by atoms with Crippen molar-refractivity contribution in [3.05, 3.63) is 29.3 Å². The van der Waals surface area contributed by atoms with E-state index in [0.29, 0.717) is 0 Å². The molecule has 0 heterocycles. The van der Waals surface area contributed by atoms with Gasteiger partial charge in [-0.2, -0.15) is 0 Å². The van der Waals surface area contributed by atoms with E-state index in [2.05, 4.69) is 11.2 Å². The molecule has 1 aromatic carbocycles. The second kappa shape index (κ2) is 4.88. The molecule has 3 N–H and O–H groups in total. The summed E-state index contributed by atoms with van der Waals surface area (Å²) in [5.41, 5.74) is 8.01. The van der Waals surface area contributed by atoms with Crippen LogP contribution in [0.3, 0.4) is 0 Å². The lowest BCUT2D eigenvalue weighted by molar-refractivity contribution is 0.305. The van der Waals surface area contributed by atoms with Crippen molar-refractivity contribution in [3.8, 4) is 5.75 Å². The fraction of sp³-hybridized carbons (Fsp3) is 0.417. The molecule has 0 spiro atoms. The number of aryl methyl sites for hydroxylation is 1. The zero-order valence-electron chi connectivity index (χ0n) is 9.15. The Labute approximate surface area is 94.7 Å². The smallest absolute Gasteiger partial charge is 0.177 e. The van der Waals surface area contributed by atoms with Gasteiger partial charge in [-0.3, -0.25) is 0 Å². The van der Waals surface area contributed by atoms with Crippen LogP contribution in [-0.4, -0.2) is 17.6 Å². The molecule has 1 aliphatic rings. The van der Waals surface area contributed by atoms with Crippen molar-refractivity contribution in [1.29, 1.82) is 0 Å². The maximum atomic E-state index is 8.43. The van der Waals surface area contributed by atoms with Crippen molar-refractivity contribution in [1.82, 2.24) is 0 Å². The second-order valence-electron chi connectivity index (χ2n) is 3.98. The minimum absolute atomic E-state index is 0.0911. The lowest BCUT2D eigenvalue weighted by Crippen LogP contribution is -2.21. The first-order valence-corrected chi connectivity index (χ1v) is 5.51. The Kier molecular flexibility index (Phi) is 3.29. The number of rotatable bonds is 3. The number of benzene rings is 1. The van der Waals surface area contributed by atoms with Gasteiger partial charge >= 0.3 is 0 Å². The summed E-state index contributed by atoms with van der Waals surface area (Å²) >= 11 is 0. The monoisotopic (exact) mass is 220 g/mol. The highest BCUT2D eigenvalue weighted by Gasteiger charge is 2.13.